The number of amides is 1. The Hall–Kier alpha value is -2.67. The van der Waals surface area contributed by atoms with E-state index in [2.05, 4.69) is 45.2 Å². The first kappa shape index (κ1) is 21.0. The van der Waals surface area contributed by atoms with Crippen molar-refractivity contribution in [2.45, 2.75) is 46.3 Å². The van der Waals surface area contributed by atoms with Crippen LogP contribution in [0.1, 0.15) is 43.7 Å². The first-order valence-electron chi connectivity index (χ1n) is 9.47. The number of nitrogens with one attached hydrogen (secondary N) is 1. The molecule has 1 N–H and O–H groups in total. The monoisotopic (exact) mass is 457 g/mol. The van der Waals surface area contributed by atoms with Gasteiger partial charge in [-0.1, -0.05) is 59.2 Å². The van der Waals surface area contributed by atoms with Crippen LogP contribution in [0.2, 0.25) is 0 Å². The molecule has 3 rings (SSSR count). The second kappa shape index (κ2) is 9.22. The van der Waals surface area contributed by atoms with Crippen molar-refractivity contribution >= 4 is 21.8 Å². The van der Waals surface area contributed by atoms with E-state index in [-0.39, 0.29) is 12.5 Å². The standard InChI is InChI=1S/C22H24BrN3O3/c1-13(2)18-9-8-14(3)10-19(18)28-15(4)22(27)24-12-20-25-21(26-29-20)16-6-5-7-17(23)11-16/h5-11,13,15H,12H2,1-4H3,(H,24,27)/t15-/m1/s1. The van der Waals surface area contributed by atoms with Gasteiger partial charge in [0.15, 0.2) is 6.10 Å². The van der Waals surface area contributed by atoms with E-state index in [0.29, 0.717) is 17.6 Å². The number of rotatable bonds is 7. The summed E-state index contributed by atoms with van der Waals surface area (Å²) in [5, 5.41) is 6.76. The van der Waals surface area contributed by atoms with Gasteiger partial charge in [-0.3, -0.25) is 4.79 Å². The average Bonchev–Trinajstić information content (AvgIpc) is 3.15. The molecule has 1 heterocycles. The fourth-order valence-corrected chi connectivity index (χ4v) is 3.24. The molecule has 0 radical (unpaired) electrons. The van der Waals surface area contributed by atoms with Crippen molar-refractivity contribution in [3.05, 3.63) is 64.0 Å². The van der Waals surface area contributed by atoms with E-state index in [0.717, 1.165) is 26.9 Å². The largest absolute Gasteiger partial charge is 0.481 e. The highest BCUT2D eigenvalue weighted by atomic mass is 79.9. The van der Waals surface area contributed by atoms with E-state index >= 15 is 0 Å². The summed E-state index contributed by atoms with van der Waals surface area (Å²) in [4.78, 5) is 16.8. The van der Waals surface area contributed by atoms with E-state index in [1.807, 2.05) is 49.4 Å². The molecule has 0 saturated carbocycles. The predicted molar refractivity (Wildman–Crippen MR) is 115 cm³/mol. The first-order chi connectivity index (χ1) is 13.8. The first-order valence-corrected chi connectivity index (χ1v) is 10.3. The normalized spacial score (nSPS) is 12.1. The van der Waals surface area contributed by atoms with E-state index in [1.54, 1.807) is 6.92 Å². The molecule has 1 amide bonds. The van der Waals surface area contributed by atoms with Crippen LogP contribution in [0.4, 0.5) is 0 Å². The zero-order valence-electron chi connectivity index (χ0n) is 16.9. The summed E-state index contributed by atoms with van der Waals surface area (Å²) in [7, 11) is 0. The number of hydrogen-bond acceptors (Lipinski definition) is 5. The summed E-state index contributed by atoms with van der Waals surface area (Å²) in [6.07, 6.45) is -0.651. The fourth-order valence-electron chi connectivity index (χ4n) is 2.84. The minimum atomic E-state index is -0.651. The van der Waals surface area contributed by atoms with Gasteiger partial charge in [-0.2, -0.15) is 4.98 Å². The van der Waals surface area contributed by atoms with Crippen molar-refractivity contribution in [2.75, 3.05) is 0 Å². The highest BCUT2D eigenvalue weighted by Gasteiger charge is 2.18. The average molecular weight is 458 g/mol. The lowest BCUT2D eigenvalue weighted by Crippen LogP contribution is -2.36. The Morgan fingerprint density at radius 1 is 1.21 bits per heavy atom. The molecule has 152 valence electrons. The Labute approximate surface area is 178 Å². The lowest BCUT2D eigenvalue weighted by molar-refractivity contribution is -0.127. The van der Waals surface area contributed by atoms with Gasteiger partial charge in [0.05, 0.1) is 6.54 Å². The lowest BCUT2D eigenvalue weighted by atomic mass is 10.0. The van der Waals surface area contributed by atoms with Crippen LogP contribution in [0.3, 0.4) is 0 Å². The number of halogens is 1. The predicted octanol–water partition coefficient (Wildman–Crippen LogP) is 5.01. The second-order valence-electron chi connectivity index (χ2n) is 7.20. The second-order valence-corrected chi connectivity index (χ2v) is 8.11. The molecule has 0 saturated heterocycles. The summed E-state index contributed by atoms with van der Waals surface area (Å²) in [6.45, 7) is 8.06. The van der Waals surface area contributed by atoms with Crippen molar-refractivity contribution in [2.24, 2.45) is 0 Å². The minimum absolute atomic E-state index is 0.137. The Bertz CT molecular complexity index is 1000. The number of carbonyl (C=O) groups excluding carboxylic acids is 1. The number of carbonyl (C=O) groups is 1. The summed E-state index contributed by atoms with van der Waals surface area (Å²) >= 11 is 3.42. The zero-order chi connectivity index (χ0) is 21.0. The number of aryl methyl sites for hydroxylation is 1. The van der Waals surface area contributed by atoms with Crippen molar-refractivity contribution in [3.8, 4) is 17.1 Å². The molecule has 0 fully saturated rings. The van der Waals surface area contributed by atoms with E-state index in [9.17, 15) is 4.79 Å². The molecule has 0 bridgehead atoms. The van der Waals surface area contributed by atoms with Crippen molar-refractivity contribution in [3.63, 3.8) is 0 Å². The summed E-state index contributed by atoms with van der Waals surface area (Å²) in [5.74, 6) is 1.59. The maximum atomic E-state index is 12.5. The van der Waals surface area contributed by atoms with Crippen LogP contribution in [0.5, 0.6) is 5.75 Å². The number of ether oxygens (including phenoxy) is 1. The molecule has 0 aliphatic heterocycles. The van der Waals surface area contributed by atoms with Crippen molar-refractivity contribution < 1.29 is 14.1 Å². The maximum Gasteiger partial charge on any atom is 0.261 e. The maximum absolute atomic E-state index is 12.5. The van der Waals surface area contributed by atoms with Crippen LogP contribution in [0, 0.1) is 6.92 Å². The van der Waals surface area contributed by atoms with E-state index in [1.165, 1.54) is 0 Å². The number of benzene rings is 2. The molecular formula is C22H24BrN3O3. The molecule has 1 atom stereocenters. The van der Waals surface area contributed by atoms with Crippen molar-refractivity contribution in [1.82, 2.24) is 15.5 Å². The molecular weight excluding hydrogens is 434 g/mol. The third kappa shape index (κ3) is 5.44. The molecule has 2 aromatic carbocycles. The third-order valence-corrected chi connectivity index (χ3v) is 4.92. The van der Waals surface area contributed by atoms with Gasteiger partial charge in [0.2, 0.25) is 11.7 Å². The Balaban J connectivity index is 1.61. The van der Waals surface area contributed by atoms with Gasteiger partial charge >= 0.3 is 0 Å². The van der Waals surface area contributed by atoms with Crippen LogP contribution in [0.15, 0.2) is 51.5 Å². The molecule has 7 heteroatoms. The number of nitrogens with zero attached hydrogens (tertiary/aromatic N) is 2. The molecule has 0 unspecified atom stereocenters. The van der Waals surface area contributed by atoms with Crippen LogP contribution in [-0.4, -0.2) is 22.2 Å². The molecule has 3 aromatic rings. The Kier molecular flexibility index (Phi) is 6.69. The molecule has 1 aromatic heterocycles. The summed E-state index contributed by atoms with van der Waals surface area (Å²) < 4.78 is 12.1. The van der Waals surface area contributed by atoms with Crippen LogP contribution in [-0.2, 0) is 11.3 Å². The molecule has 29 heavy (non-hydrogen) atoms. The quantitative estimate of drug-likeness (QED) is 0.539. The zero-order valence-corrected chi connectivity index (χ0v) is 18.5. The van der Waals surface area contributed by atoms with Crippen LogP contribution < -0.4 is 10.1 Å². The van der Waals surface area contributed by atoms with Gasteiger partial charge in [0.25, 0.3) is 5.91 Å². The lowest BCUT2D eigenvalue weighted by Gasteiger charge is -2.19. The minimum Gasteiger partial charge on any atom is -0.481 e. The van der Waals surface area contributed by atoms with Crippen LogP contribution >= 0.6 is 15.9 Å². The smallest absolute Gasteiger partial charge is 0.261 e. The Morgan fingerprint density at radius 3 is 2.72 bits per heavy atom. The molecule has 0 aliphatic rings. The van der Waals surface area contributed by atoms with Crippen LogP contribution in [0.25, 0.3) is 11.4 Å². The van der Waals surface area contributed by atoms with Gasteiger partial charge in [0, 0.05) is 10.0 Å². The topological polar surface area (TPSA) is 77.2 Å². The summed E-state index contributed by atoms with van der Waals surface area (Å²) in [6, 6.07) is 13.7. The van der Waals surface area contributed by atoms with Gasteiger partial charge in [0.1, 0.15) is 5.75 Å². The van der Waals surface area contributed by atoms with E-state index in [4.69, 9.17) is 9.26 Å². The molecule has 0 aliphatic carbocycles. The highest BCUT2D eigenvalue weighted by molar-refractivity contribution is 9.10. The number of hydrogen-bond donors (Lipinski definition) is 1. The SMILES string of the molecule is Cc1ccc(C(C)C)c(O[C@H](C)C(=O)NCc2nc(-c3cccc(Br)c3)no2)c1. The Morgan fingerprint density at radius 2 is 2.00 bits per heavy atom. The molecule has 6 nitrogen and oxygen atoms in total. The van der Waals surface area contributed by atoms with Gasteiger partial charge in [-0.25, -0.2) is 0 Å². The number of aromatic nitrogens is 2. The van der Waals surface area contributed by atoms with Gasteiger partial charge in [-0.15, -0.1) is 0 Å². The molecule has 0 spiro atoms. The van der Waals surface area contributed by atoms with Crippen molar-refractivity contribution in [1.29, 1.82) is 0 Å². The highest BCUT2D eigenvalue weighted by Crippen LogP contribution is 2.28. The van der Waals surface area contributed by atoms with E-state index < -0.39 is 6.10 Å². The summed E-state index contributed by atoms with van der Waals surface area (Å²) in [5.41, 5.74) is 2.99. The fraction of sp³-hybridized carbons (Fsp3) is 0.318. The third-order valence-electron chi connectivity index (χ3n) is 4.43. The van der Waals surface area contributed by atoms with Gasteiger partial charge in [-0.05, 0) is 49.1 Å². The van der Waals surface area contributed by atoms with Gasteiger partial charge < -0.3 is 14.6 Å².